The van der Waals surface area contributed by atoms with Gasteiger partial charge in [-0.05, 0) is 49.6 Å². The molecule has 0 unspecified atom stereocenters. The van der Waals surface area contributed by atoms with Gasteiger partial charge in [0.05, 0.1) is 19.1 Å². The van der Waals surface area contributed by atoms with E-state index in [1.54, 1.807) is 55.5 Å². The summed E-state index contributed by atoms with van der Waals surface area (Å²) in [6.07, 6.45) is 6.17. The normalized spacial score (nSPS) is 15.1. The molecule has 0 radical (unpaired) electrons. The number of sulfonamides is 1. The third-order valence-electron chi connectivity index (χ3n) is 6.41. The molecule has 196 valence electrons. The molecule has 36 heavy (non-hydrogen) atoms. The predicted octanol–water partition coefficient (Wildman–Crippen LogP) is 3.98. The maximum absolute atomic E-state index is 13.6. The SMILES string of the molecule is COc1cccc(N(CC(=O)N(Cc2ccc(Cl)cc2)[C@@H](C)C(=O)NC2CCCCC2)S(C)(=O)=O)c1. The van der Waals surface area contributed by atoms with Crippen LogP contribution in [-0.2, 0) is 26.2 Å². The fourth-order valence-electron chi connectivity index (χ4n) is 4.32. The molecule has 1 saturated carbocycles. The minimum absolute atomic E-state index is 0.0884. The summed E-state index contributed by atoms with van der Waals surface area (Å²) in [5, 5.41) is 3.63. The van der Waals surface area contributed by atoms with Gasteiger partial charge in [-0.3, -0.25) is 13.9 Å². The molecule has 1 fully saturated rings. The number of carbonyl (C=O) groups excluding carboxylic acids is 2. The molecule has 0 saturated heterocycles. The molecule has 2 amide bonds. The summed E-state index contributed by atoms with van der Waals surface area (Å²) in [4.78, 5) is 28.2. The van der Waals surface area contributed by atoms with E-state index in [2.05, 4.69) is 5.32 Å². The Balaban J connectivity index is 1.87. The summed E-state index contributed by atoms with van der Waals surface area (Å²) in [6.45, 7) is 1.34. The molecule has 1 atom stereocenters. The van der Waals surface area contributed by atoms with Crippen LogP contribution in [-0.4, -0.2) is 57.1 Å². The highest BCUT2D eigenvalue weighted by Gasteiger charge is 2.31. The number of nitrogens with zero attached hydrogens (tertiary/aromatic N) is 2. The van der Waals surface area contributed by atoms with E-state index in [9.17, 15) is 18.0 Å². The number of anilines is 1. The fraction of sp³-hybridized carbons (Fsp3) is 0.462. The van der Waals surface area contributed by atoms with Crippen LogP contribution >= 0.6 is 11.6 Å². The zero-order valence-electron chi connectivity index (χ0n) is 20.9. The first kappa shape index (κ1) is 27.8. The van der Waals surface area contributed by atoms with Gasteiger partial charge < -0.3 is 15.0 Å². The topological polar surface area (TPSA) is 96.0 Å². The van der Waals surface area contributed by atoms with Crippen molar-refractivity contribution >= 4 is 39.1 Å². The van der Waals surface area contributed by atoms with Gasteiger partial charge in [-0.25, -0.2) is 8.42 Å². The van der Waals surface area contributed by atoms with E-state index in [4.69, 9.17) is 16.3 Å². The number of rotatable bonds is 10. The number of nitrogens with one attached hydrogen (secondary N) is 1. The van der Waals surface area contributed by atoms with Gasteiger partial charge in [0.15, 0.2) is 0 Å². The summed E-state index contributed by atoms with van der Waals surface area (Å²) >= 11 is 6.02. The van der Waals surface area contributed by atoms with E-state index >= 15 is 0 Å². The van der Waals surface area contributed by atoms with Gasteiger partial charge in [-0.1, -0.05) is 49.1 Å². The van der Waals surface area contributed by atoms with E-state index in [-0.39, 0.29) is 18.5 Å². The average Bonchev–Trinajstić information content (AvgIpc) is 2.86. The molecule has 0 aliphatic heterocycles. The van der Waals surface area contributed by atoms with Gasteiger partial charge in [0.25, 0.3) is 0 Å². The van der Waals surface area contributed by atoms with Gasteiger partial charge in [-0.2, -0.15) is 0 Å². The van der Waals surface area contributed by atoms with Crippen LogP contribution in [0.25, 0.3) is 0 Å². The Morgan fingerprint density at radius 2 is 1.78 bits per heavy atom. The molecule has 10 heteroatoms. The number of methoxy groups -OCH3 is 1. The average molecular weight is 536 g/mol. The van der Waals surface area contributed by atoms with Gasteiger partial charge in [-0.15, -0.1) is 0 Å². The Kier molecular flexibility index (Phi) is 9.62. The number of amides is 2. The minimum atomic E-state index is -3.81. The van der Waals surface area contributed by atoms with Crippen molar-refractivity contribution in [3.63, 3.8) is 0 Å². The Hall–Kier alpha value is -2.78. The van der Waals surface area contributed by atoms with E-state index < -0.39 is 28.5 Å². The summed E-state index contributed by atoms with van der Waals surface area (Å²) in [5.74, 6) is -0.284. The van der Waals surface area contributed by atoms with Crippen LogP contribution in [0.5, 0.6) is 5.75 Å². The molecular weight excluding hydrogens is 502 g/mol. The molecule has 0 aromatic heterocycles. The molecular formula is C26H34ClN3O5S. The van der Waals surface area contributed by atoms with Crippen molar-refractivity contribution in [3.05, 3.63) is 59.1 Å². The molecule has 0 spiro atoms. The Morgan fingerprint density at radius 3 is 2.39 bits per heavy atom. The Labute approximate surface area is 218 Å². The quantitative estimate of drug-likeness (QED) is 0.496. The van der Waals surface area contributed by atoms with Crippen LogP contribution in [0.15, 0.2) is 48.5 Å². The van der Waals surface area contributed by atoms with Gasteiger partial charge in [0.1, 0.15) is 18.3 Å². The van der Waals surface area contributed by atoms with Crippen LogP contribution in [0, 0.1) is 0 Å². The smallest absolute Gasteiger partial charge is 0.244 e. The van der Waals surface area contributed by atoms with E-state index in [0.717, 1.165) is 48.2 Å². The zero-order valence-corrected chi connectivity index (χ0v) is 22.5. The third kappa shape index (κ3) is 7.61. The summed E-state index contributed by atoms with van der Waals surface area (Å²) in [5.41, 5.74) is 1.08. The fourth-order valence-corrected chi connectivity index (χ4v) is 5.28. The van der Waals surface area contributed by atoms with E-state index in [1.165, 1.54) is 12.0 Å². The second-order valence-electron chi connectivity index (χ2n) is 9.14. The maximum atomic E-state index is 13.6. The number of ether oxygens (including phenoxy) is 1. The number of hydrogen-bond acceptors (Lipinski definition) is 5. The Morgan fingerprint density at radius 1 is 1.11 bits per heavy atom. The lowest BCUT2D eigenvalue weighted by Gasteiger charge is -2.33. The van der Waals surface area contributed by atoms with Crippen LogP contribution in [0.3, 0.4) is 0 Å². The summed E-state index contributed by atoms with van der Waals surface area (Å²) in [6, 6.07) is 12.8. The van der Waals surface area contributed by atoms with Crippen molar-refractivity contribution in [2.75, 3.05) is 24.2 Å². The van der Waals surface area contributed by atoms with Crippen LogP contribution in [0.2, 0.25) is 5.02 Å². The van der Waals surface area contributed by atoms with Crippen molar-refractivity contribution < 1.29 is 22.7 Å². The van der Waals surface area contributed by atoms with Gasteiger partial charge in [0.2, 0.25) is 21.8 Å². The predicted molar refractivity (Wildman–Crippen MR) is 142 cm³/mol. The number of benzene rings is 2. The third-order valence-corrected chi connectivity index (χ3v) is 7.80. The number of hydrogen-bond donors (Lipinski definition) is 1. The standard InChI is InChI=1S/C26H34ClN3O5S/c1-19(26(32)28-22-8-5-4-6-9-22)29(17-20-12-14-21(27)15-13-20)25(31)18-30(36(3,33)34)23-10-7-11-24(16-23)35-2/h7,10-16,19,22H,4-6,8-9,17-18H2,1-3H3,(H,28,32)/t19-/m0/s1. The second-order valence-corrected chi connectivity index (χ2v) is 11.5. The number of carbonyl (C=O) groups is 2. The molecule has 2 aromatic rings. The first-order valence-corrected chi connectivity index (χ1v) is 14.3. The van der Waals surface area contributed by atoms with E-state index in [0.29, 0.717) is 16.5 Å². The van der Waals surface area contributed by atoms with Crippen molar-refractivity contribution in [1.29, 1.82) is 0 Å². The van der Waals surface area contributed by atoms with Crippen LogP contribution < -0.4 is 14.4 Å². The maximum Gasteiger partial charge on any atom is 0.244 e. The first-order chi connectivity index (χ1) is 17.1. The minimum Gasteiger partial charge on any atom is -0.497 e. The number of halogens is 1. The Bertz CT molecular complexity index is 1150. The van der Waals surface area contributed by atoms with Crippen molar-refractivity contribution in [1.82, 2.24) is 10.2 Å². The molecule has 3 rings (SSSR count). The highest BCUT2D eigenvalue weighted by molar-refractivity contribution is 7.92. The van der Waals surface area contributed by atoms with Crippen molar-refractivity contribution in [3.8, 4) is 5.75 Å². The highest BCUT2D eigenvalue weighted by Crippen LogP contribution is 2.24. The van der Waals surface area contributed by atoms with E-state index in [1.807, 2.05) is 0 Å². The van der Waals surface area contributed by atoms with Gasteiger partial charge in [0, 0.05) is 23.7 Å². The molecule has 8 nitrogen and oxygen atoms in total. The summed E-state index contributed by atoms with van der Waals surface area (Å²) < 4.78 is 31.6. The highest BCUT2D eigenvalue weighted by atomic mass is 35.5. The monoisotopic (exact) mass is 535 g/mol. The van der Waals surface area contributed by atoms with Crippen LogP contribution in [0.4, 0.5) is 5.69 Å². The lowest BCUT2D eigenvalue weighted by Crippen LogP contribution is -2.52. The zero-order chi connectivity index (χ0) is 26.3. The van der Waals surface area contributed by atoms with Gasteiger partial charge >= 0.3 is 0 Å². The lowest BCUT2D eigenvalue weighted by atomic mass is 9.95. The molecule has 1 aliphatic carbocycles. The largest absolute Gasteiger partial charge is 0.497 e. The molecule has 1 aliphatic rings. The molecule has 0 heterocycles. The first-order valence-electron chi connectivity index (χ1n) is 12.0. The summed E-state index contributed by atoms with van der Waals surface area (Å²) in [7, 11) is -2.32. The lowest BCUT2D eigenvalue weighted by molar-refractivity contribution is -0.139. The molecule has 2 aromatic carbocycles. The second kappa shape index (κ2) is 12.5. The van der Waals surface area contributed by atoms with Crippen LogP contribution in [0.1, 0.15) is 44.6 Å². The van der Waals surface area contributed by atoms with Crippen molar-refractivity contribution in [2.24, 2.45) is 0 Å². The molecule has 1 N–H and O–H groups in total. The molecule has 0 bridgehead atoms. The van der Waals surface area contributed by atoms with Crippen molar-refractivity contribution in [2.45, 2.75) is 57.7 Å².